The van der Waals surface area contributed by atoms with Crippen LogP contribution in [0.15, 0.2) is 40.9 Å². The molecule has 0 atom stereocenters. The number of carbonyl (C=O) groups excluding carboxylic acids is 1. The van der Waals surface area contributed by atoms with Crippen LogP contribution in [0.4, 0.5) is 10.1 Å². The summed E-state index contributed by atoms with van der Waals surface area (Å²) in [4.78, 5) is 11.7. The maximum atomic E-state index is 12.9. The number of halogens is 3. The summed E-state index contributed by atoms with van der Waals surface area (Å²) in [7, 11) is 0. The van der Waals surface area contributed by atoms with Gasteiger partial charge in [-0.1, -0.05) is 11.6 Å². The van der Waals surface area contributed by atoms with E-state index in [0.717, 1.165) is 0 Å². The average Bonchev–Trinajstić information content (AvgIpc) is 2.41. The lowest BCUT2D eigenvalue weighted by molar-refractivity contribution is -0.118. The number of amides is 1. The number of hydrogen-bond donors (Lipinski definition) is 2. The highest BCUT2D eigenvalue weighted by Gasteiger charge is 2.09. The zero-order valence-electron chi connectivity index (χ0n) is 10.6. The lowest BCUT2D eigenvalue weighted by Gasteiger charge is -2.10. The molecule has 7 heteroatoms. The molecule has 4 nitrogen and oxygen atoms in total. The van der Waals surface area contributed by atoms with Crippen molar-refractivity contribution in [3.63, 3.8) is 0 Å². The van der Waals surface area contributed by atoms with Crippen molar-refractivity contribution in [2.75, 3.05) is 11.9 Å². The predicted octanol–water partition coefficient (Wildman–Crippen LogP) is 3.96. The van der Waals surface area contributed by atoms with E-state index < -0.39 is 11.7 Å². The van der Waals surface area contributed by atoms with Crippen molar-refractivity contribution in [1.82, 2.24) is 0 Å². The summed E-state index contributed by atoms with van der Waals surface area (Å²) in [6.07, 6.45) is 0. The largest absolute Gasteiger partial charge is 0.506 e. The summed E-state index contributed by atoms with van der Waals surface area (Å²) >= 11 is 8.82. The van der Waals surface area contributed by atoms with Gasteiger partial charge in [0.25, 0.3) is 5.91 Å². The van der Waals surface area contributed by atoms with Crippen LogP contribution in [0.3, 0.4) is 0 Å². The number of carbonyl (C=O) groups is 1. The van der Waals surface area contributed by atoms with Gasteiger partial charge in [0.2, 0.25) is 0 Å². The first kappa shape index (κ1) is 15.6. The molecular weight excluding hydrogens is 365 g/mol. The van der Waals surface area contributed by atoms with Crippen molar-refractivity contribution in [1.29, 1.82) is 0 Å². The zero-order chi connectivity index (χ0) is 15.4. The van der Waals surface area contributed by atoms with E-state index in [0.29, 0.717) is 15.2 Å². The molecule has 0 fully saturated rings. The zero-order valence-corrected chi connectivity index (χ0v) is 12.9. The molecule has 0 saturated carbocycles. The second-order valence-corrected chi connectivity index (χ2v) is 5.36. The van der Waals surface area contributed by atoms with E-state index in [9.17, 15) is 14.3 Å². The number of phenolic OH excluding ortho intramolecular Hbond substituents is 1. The second kappa shape index (κ2) is 6.78. The second-order valence-electron chi connectivity index (χ2n) is 4.07. The molecule has 0 aromatic heterocycles. The number of phenols is 1. The third-order valence-corrected chi connectivity index (χ3v) is 3.34. The summed E-state index contributed by atoms with van der Waals surface area (Å²) in [6.45, 7) is -0.285. The first-order valence-corrected chi connectivity index (χ1v) is 6.99. The number of nitrogens with one attached hydrogen (secondary N) is 1. The van der Waals surface area contributed by atoms with Gasteiger partial charge in [0.1, 0.15) is 17.3 Å². The third kappa shape index (κ3) is 4.34. The van der Waals surface area contributed by atoms with E-state index in [4.69, 9.17) is 16.3 Å². The third-order valence-electron chi connectivity index (χ3n) is 2.49. The SMILES string of the molecule is O=C(COc1ccc(F)cc1Br)Nc1ccc(Cl)cc1O. The van der Waals surface area contributed by atoms with Crippen molar-refractivity contribution < 1.29 is 19.0 Å². The minimum atomic E-state index is -0.469. The molecule has 0 aliphatic heterocycles. The fourth-order valence-electron chi connectivity index (χ4n) is 1.53. The summed E-state index contributed by atoms with van der Waals surface area (Å²) < 4.78 is 18.6. The monoisotopic (exact) mass is 373 g/mol. The molecule has 0 radical (unpaired) electrons. The van der Waals surface area contributed by atoms with Gasteiger partial charge in [-0.3, -0.25) is 4.79 Å². The molecule has 2 rings (SSSR count). The van der Waals surface area contributed by atoms with Crippen LogP contribution in [-0.4, -0.2) is 17.6 Å². The van der Waals surface area contributed by atoms with Gasteiger partial charge in [-0.05, 0) is 46.3 Å². The van der Waals surface area contributed by atoms with Crippen LogP contribution in [0.2, 0.25) is 5.02 Å². The summed E-state index contributed by atoms with van der Waals surface area (Å²) in [5.74, 6) is -0.681. The molecule has 110 valence electrons. The van der Waals surface area contributed by atoms with Gasteiger partial charge >= 0.3 is 0 Å². The Morgan fingerprint density at radius 1 is 1.33 bits per heavy atom. The maximum Gasteiger partial charge on any atom is 0.262 e. The number of aromatic hydroxyl groups is 1. The molecule has 0 aliphatic carbocycles. The number of hydrogen-bond acceptors (Lipinski definition) is 3. The van der Waals surface area contributed by atoms with Crippen LogP contribution in [0, 0.1) is 5.82 Å². The summed E-state index contributed by atoms with van der Waals surface area (Å²) in [5, 5.41) is 12.4. The van der Waals surface area contributed by atoms with Crippen molar-refractivity contribution in [2.45, 2.75) is 0 Å². The molecular formula is C14H10BrClFNO3. The highest BCUT2D eigenvalue weighted by atomic mass is 79.9. The van der Waals surface area contributed by atoms with E-state index in [1.54, 1.807) is 0 Å². The molecule has 21 heavy (non-hydrogen) atoms. The van der Waals surface area contributed by atoms with Crippen LogP contribution in [0.5, 0.6) is 11.5 Å². The van der Waals surface area contributed by atoms with E-state index in [1.807, 2.05) is 0 Å². The summed E-state index contributed by atoms with van der Waals surface area (Å²) in [5.41, 5.74) is 0.228. The standard InChI is InChI=1S/C14H10BrClFNO3/c15-10-6-9(17)2-4-13(10)21-7-14(20)18-11-3-1-8(16)5-12(11)19/h1-6,19H,7H2,(H,18,20). The van der Waals surface area contributed by atoms with E-state index >= 15 is 0 Å². The van der Waals surface area contributed by atoms with Crippen LogP contribution in [0.1, 0.15) is 0 Å². The number of ether oxygens (including phenoxy) is 1. The van der Waals surface area contributed by atoms with Crippen LogP contribution >= 0.6 is 27.5 Å². The Morgan fingerprint density at radius 3 is 2.76 bits per heavy atom. The van der Waals surface area contributed by atoms with Crippen molar-refractivity contribution in [3.8, 4) is 11.5 Å². The first-order chi connectivity index (χ1) is 9.95. The molecule has 1 amide bonds. The fourth-order valence-corrected chi connectivity index (χ4v) is 2.16. The van der Waals surface area contributed by atoms with E-state index in [2.05, 4.69) is 21.2 Å². The average molecular weight is 375 g/mol. The van der Waals surface area contributed by atoms with Gasteiger partial charge in [0.05, 0.1) is 10.2 Å². The molecule has 0 aliphatic rings. The topological polar surface area (TPSA) is 58.6 Å². The quantitative estimate of drug-likeness (QED) is 0.796. The van der Waals surface area contributed by atoms with Gasteiger partial charge in [-0.25, -0.2) is 4.39 Å². The van der Waals surface area contributed by atoms with E-state index in [-0.39, 0.29) is 18.0 Å². The maximum absolute atomic E-state index is 12.9. The van der Waals surface area contributed by atoms with Gasteiger partial charge < -0.3 is 15.2 Å². The molecule has 2 aromatic rings. The van der Waals surface area contributed by atoms with Crippen LogP contribution < -0.4 is 10.1 Å². The van der Waals surface area contributed by atoms with Crippen LogP contribution in [-0.2, 0) is 4.79 Å². The van der Waals surface area contributed by atoms with Gasteiger partial charge in [-0.15, -0.1) is 0 Å². The minimum Gasteiger partial charge on any atom is -0.506 e. The normalized spacial score (nSPS) is 10.2. The van der Waals surface area contributed by atoms with Gasteiger partial charge in [0.15, 0.2) is 6.61 Å². The summed E-state index contributed by atoms with van der Waals surface area (Å²) in [6, 6.07) is 8.19. The lowest BCUT2D eigenvalue weighted by atomic mass is 10.3. The Labute approximate surface area is 133 Å². The van der Waals surface area contributed by atoms with Crippen molar-refractivity contribution in [3.05, 3.63) is 51.7 Å². The Hall–Kier alpha value is -1.79. The first-order valence-electron chi connectivity index (χ1n) is 5.82. The molecule has 0 spiro atoms. The smallest absolute Gasteiger partial charge is 0.262 e. The Balaban J connectivity index is 1.96. The molecule has 2 N–H and O–H groups in total. The number of anilines is 1. The fraction of sp³-hybridized carbons (Fsp3) is 0.0714. The predicted molar refractivity (Wildman–Crippen MR) is 81.3 cm³/mol. The van der Waals surface area contributed by atoms with Crippen molar-refractivity contribution >= 4 is 39.1 Å². The van der Waals surface area contributed by atoms with Crippen molar-refractivity contribution in [2.24, 2.45) is 0 Å². The Kier molecular flexibility index (Phi) is 5.03. The minimum absolute atomic E-state index is 0.140. The molecule has 0 bridgehead atoms. The highest BCUT2D eigenvalue weighted by molar-refractivity contribution is 9.10. The Morgan fingerprint density at radius 2 is 2.10 bits per heavy atom. The molecule has 0 unspecified atom stereocenters. The molecule has 2 aromatic carbocycles. The molecule has 0 heterocycles. The number of rotatable bonds is 4. The number of benzene rings is 2. The van der Waals surface area contributed by atoms with Gasteiger partial charge in [-0.2, -0.15) is 0 Å². The van der Waals surface area contributed by atoms with Crippen LogP contribution in [0.25, 0.3) is 0 Å². The highest BCUT2D eigenvalue weighted by Crippen LogP contribution is 2.27. The Bertz CT molecular complexity index is 681. The van der Waals surface area contributed by atoms with Gasteiger partial charge in [0, 0.05) is 11.1 Å². The molecule has 0 saturated heterocycles. The lowest BCUT2D eigenvalue weighted by Crippen LogP contribution is -2.20. The van der Waals surface area contributed by atoms with E-state index in [1.165, 1.54) is 36.4 Å².